The van der Waals surface area contributed by atoms with E-state index < -0.39 is 28.3 Å². The van der Waals surface area contributed by atoms with Crippen LogP contribution in [0.15, 0.2) is 71.6 Å². The summed E-state index contributed by atoms with van der Waals surface area (Å²) >= 11 is 13.9. The average Bonchev–Trinajstić information content (AvgIpc) is 2.85. The molecule has 11 heteroatoms. The quantitative estimate of drug-likeness (QED) is 0.279. The van der Waals surface area contributed by atoms with Gasteiger partial charge in [-0.25, -0.2) is 12.8 Å². The lowest BCUT2D eigenvalue weighted by atomic mass is 10.2. The van der Waals surface area contributed by atoms with Gasteiger partial charge in [0.25, 0.3) is 10.0 Å². The van der Waals surface area contributed by atoms with Crippen LogP contribution in [-0.2, 0) is 20.6 Å². The van der Waals surface area contributed by atoms with Gasteiger partial charge in [-0.3, -0.25) is 9.10 Å². The monoisotopic (exact) mass is 570 g/mol. The van der Waals surface area contributed by atoms with Gasteiger partial charge in [0.15, 0.2) is 0 Å². The van der Waals surface area contributed by atoms with Crippen molar-refractivity contribution < 1.29 is 22.3 Å². The molecule has 3 rings (SSSR count). The average molecular weight is 572 g/mol. The Morgan fingerprint density at radius 1 is 1.03 bits per heavy atom. The fourth-order valence-electron chi connectivity index (χ4n) is 3.22. The third-order valence-electron chi connectivity index (χ3n) is 5.00. The highest BCUT2D eigenvalue weighted by Crippen LogP contribution is 2.28. The van der Waals surface area contributed by atoms with Crippen molar-refractivity contribution in [3.8, 4) is 5.75 Å². The Bertz CT molecular complexity index is 1250. The van der Waals surface area contributed by atoms with Crippen molar-refractivity contribution in [2.75, 3.05) is 29.8 Å². The molecule has 0 heterocycles. The van der Waals surface area contributed by atoms with Gasteiger partial charge in [0.2, 0.25) is 5.91 Å². The lowest BCUT2D eigenvalue weighted by Crippen LogP contribution is -2.41. The summed E-state index contributed by atoms with van der Waals surface area (Å²) in [4.78, 5) is 12.6. The summed E-state index contributed by atoms with van der Waals surface area (Å²) in [6.07, 6.45) is 0. The predicted octanol–water partition coefficient (Wildman–Crippen LogP) is 5.78. The molecule has 6 nitrogen and oxygen atoms in total. The molecule has 0 aliphatic carbocycles. The molecule has 0 fully saturated rings. The standard InChI is InChI=1S/C25H25Cl2FN2O4S2/c1-2-34-20-10-8-19(9-11-20)30(36(32,33)21-12-6-18(28)7-13-21)16-25(31)29-14-15-35-17-22-23(26)4-3-5-24(22)27/h3-13H,2,14-17H2,1H3,(H,29,31). The van der Waals surface area contributed by atoms with Gasteiger partial charge >= 0.3 is 0 Å². The zero-order valence-electron chi connectivity index (χ0n) is 19.4. The minimum Gasteiger partial charge on any atom is -0.494 e. The molecule has 0 aromatic heterocycles. The van der Waals surface area contributed by atoms with Crippen molar-refractivity contribution in [1.82, 2.24) is 5.32 Å². The van der Waals surface area contributed by atoms with Crippen LogP contribution >= 0.6 is 35.0 Å². The molecule has 3 aromatic carbocycles. The number of rotatable bonds is 12. The summed E-state index contributed by atoms with van der Waals surface area (Å²) in [6, 6.07) is 16.1. The number of thioether (sulfide) groups is 1. The molecule has 36 heavy (non-hydrogen) atoms. The van der Waals surface area contributed by atoms with Crippen LogP contribution in [0.3, 0.4) is 0 Å². The van der Waals surface area contributed by atoms with E-state index in [0.29, 0.717) is 40.5 Å². The van der Waals surface area contributed by atoms with Crippen molar-refractivity contribution in [2.45, 2.75) is 17.6 Å². The van der Waals surface area contributed by atoms with Crippen molar-refractivity contribution in [1.29, 1.82) is 0 Å². The van der Waals surface area contributed by atoms with E-state index in [1.807, 2.05) is 6.92 Å². The van der Waals surface area contributed by atoms with Crippen LogP contribution in [0.1, 0.15) is 12.5 Å². The maximum atomic E-state index is 13.4. The van der Waals surface area contributed by atoms with Gasteiger partial charge in [0.1, 0.15) is 18.1 Å². The van der Waals surface area contributed by atoms with Gasteiger partial charge in [-0.15, -0.1) is 0 Å². The van der Waals surface area contributed by atoms with Crippen LogP contribution in [0.4, 0.5) is 10.1 Å². The first-order valence-electron chi connectivity index (χ1n) is 11.0. The smallest absolute Gasteiger partial charge is 0.264 e. The van der Waals surface area contributed by atoms with E-state index in [0.717, 1.165) is 22.0 Å². The molecule has 0 aliphatic rings. The number of carbonyl (C=O) groups is 1. The predicted molar refractivity (Wildman–Crippen MR) is 144 cm³/mol. The Morgan fingerprint density at radius 3 is 2.28 bits per heavy atom. The number of hydrogen-bond donors (Lipinski definition) is 1. The van der Waals surface area contributed by atoms with Crippen LogP contribution in [0.5, 0.6) is 5.75 Å². The molecule has 0 aliphatic heterocycles. The van der Waals surface area contributed by atoms with Crippen LogP contribution in [0.2, 0.25) is 10.0 Å². The molecule has 3 aromatic rings. The molecule has 1 amide bonds. The summed E-state index contributed by atoms with van der Waals surface area (Å²) < 4.78 is 46.5. The van der Waals surface area contributed by atoms with Gasteiger partial charge in [-0.05, 0) is 73.2 Å². The van der Waals surface area contributed by atoms with Crippen molar-refractivity contribution >= 4 is 56.6 Å². The molecule has 0 bridgehead atoms. The minimum atomic E-state index is -4.14. The van der Waals surface area contributed by atoms with Crippen molar-refractivity contribution in [3.05, 3.63) is 88.2 Å². The largest absolute Gasteiger partial charge is 0.494 e. The van der Waals surface area contributed by atoms with E-state index in [1.54, 1.807) is 42.5 Å². The molecule has 1 N–H and O–H groups in total. The SMILES string of the molecule is CCOc1ccc(N(CC(=O)NCCSCc2c(Cl)cccc2Cl)S(=O)(=O)c2ccc(F)cc2)cc1. The van der Waals surface area contributed by atoms with Crippen LogP contribution in [0, 0.1) is 5.82 Å². The summed E-state index contributed by atoms with van der Waals surface area (Å²) in [5.74, 6) is 0.675. The summed E-state index contributed by atoms with van der Waals surface area (Å²) in [5, 5.41) is 3.91. The normalized spacial score (nSPS) is 11.2. The maximum Gasteiger partial charge on any atom is 0.264 e. The second kappa shape index (κ2) is 13.2. The molecule has 0 radical (unpaired) electrons. The Labute approximate surface area is 224 Å². The fraction of sp³-hybridized carbons (Fsp3) is 0.240. The number of hydrogen-bond acceptors (Lipinski definition) is 5. The van der Waals surface area contributed by atoms with Crippen LogP contribution in [-0.4, -0.2) is 39.8 Å². The second-order valence-electron chi connectivity index (χ2n) is 7.50. The van der Waals surface area contributed by atoms with E-state index in [4.69, 9.17) is 27.9 Å². The number of nitrogens with zero attached hydrogens (tertiary/aromatic N) is 1. The fourth-order valence-corrected chi connectivity index (χ4v) is 6.23. The summed E-state index contributed by atoms with van der Waals surface area (Å²) in [6.45, 7) is 2.17. The number of anilines is 1. The number of carbonyl (C=O) groups excluding carboxylic acids is 1. The molecule has 192 valence electrons. The highest BCUT2D eigenvalue weighted by atomic mass is 35.5. The molecule has 0 saturated heterocycles. The van der Waals surface area contributed by atoms with Crippen LogP contribution in [0.25, 0.3) is 0 Å². The van der Waals surface area contributed by atoms with Gasteiger partial charge < -0.3 is 10.1 Å². The Hall–Kier alpha value is -2.46. The van der Waals surface area contributed by atoms with Crippen molar-refractivity contribution in [2.24, 2.45) is 0 Å². The third-order valence-corrected chi connectivity index (χ3v) is 8.48. The highest BCUT2D eigenvalue weighted by Gasteiger charge is 2.27. The first kappa shape index (κ1) is 28.1. The van der Waals surface area contributed by atoms with Gasteiger partial charge in [-0.2, -0.15) is 11.8 Å². The molecule has 0 atom stereocenters. The molecular weight excluding hydrogens is 546 g/mol. The number of benzene rings is 3. The minimum absolute atomic E-state index is 0.127. The molecule has 0 unspecified atom stereocenters. The number of amides is 1. The summed E-state index contributed by atoms with van der Waals surface area (Å²) in [5.41, 5.74) is 1.10. The zero-order valence-corrected chi connectivity index (χ0v) is 22.6. The summed E-state index contributed by atoms with van der Waals surface area (Å²) in [7, 11) is -4.14. The van der Waals surface area contributed by atoms with E-state index in [1.165, 1.54) is 23.9 Å². The Balaban J connectivity index is 1.67. The van der Waals surface area contributed by atoms with Crippen LogP contribution < -0.4 is 14.4 Å². The molecular formula is C25H25Cl2FN2O4S2. The number of sulfonamides is 1. The maximum absolute atomic E-state index is 13.4. The Kier molecular flexibility index (Phi) is 10.3. The molecule has 0 spiro atoms. The van der Waals surface area contributed by atoms with Gasteiger partial charge in [0, 0.05) is 28.1 Å². The molecule has 0 saturated carbocycles. The van der Waals surface area contributed by atoms with E-state index in [9.17, 15) is 17.6 Å². The number of halogens is 3. The lowest BCUT2D eigenvalue weighted by molar-refractivity contribution is -0.119. The zero-order chi connectivity index (χ0) is 26.1. The van der Waals surface area contributed by atoms with E-state index in [2.05, 4.69) is 5.32 Å². The van der Waals surface area contributed by atoms with Gasteiger partial charge in [-0.1, -0.05) is 29.3 Å². The topological polar surface area (TPSA) is 75.7 Å². The number of nitrogens with one attached hydrogen (secondary N) is 1. The third kappa shape index (κ3) is 7.52. The second-order valence-corrected chi connectivity index (χ2v) is 11.3. The van der Waals surface area contributed by atoms with E-state index in [-0.39, 0.29) is 10.6 Å². The van der Waals surface area contributed by atoms with Gasteiger partial charge in [0.05, 0.1) is 17.2 Å². The lowest BCUT2D eigenvalue weighted by Gasteiger charge is -2.24. The highest BCUT2D eigenvalue weighted by molar-refractivity contribution is 7.98. The number of ether oxygens (including phenoxy) is 1. The first-order valence-corrected chi connectivity index (χ1v) is 14.4. The first-order chi connectivity index (χ1) is 17.2. The van der Waals surface area contributed by atoms with E-state index >= 15 is 0 Å². The Morgan fingerprint density at radius 2 is 1.67 bits per heavy atom. The van der Waals surface area contributed by atoms with Crippen molar-refractivity contribution in [3.63, 3.8) is 0 Å².